The molecule has 1 rings (SSSR count). The lowest BCUT2D eigenvalue weighted by Crippen LogP contribution is -2.04. The lowest BCUT2D eigenvalue weighted by atomic mass is 10.1. The van der Waals surface area contributed by atoms with E-state index in [0.717, 1.165) is 5.56 Å². The Morgan fingerprint density at radius 3 is 2.50 bits per heavy atom. The van der Waals surface area contributed by atoms with E-state index in [-0.39, 0.29) is 5.76 Å². The summed E-state index contributed by atoms with van der Waals surface area (Å²) in [5.74, 6) is 0.00497. The van der Waals surface area contributed by atoms with Crippen LogP contribution in [-0.4, -0.2) is 11.3 Å². The highest BCUT2D eigenvalue weighted by Gasteiger charge is 2.15. The lowest BCUT2D eigenvalue weighted by Gasteiger charge is -2.10. The normalized spacial score (nSPS) is 11.8. The number of rotatable bonds is 3. The molecule has 0 radical (unpaired) electrons. The van der Waals surface area contributed by atoms with Crippen molar-refractivity contribution in [1.29, 1.82) is 0 Å². The first kappa shape index (κ1) is 10.6. The maximum atomic E-state index is 10.2. The van der Waals surface area contributed by atoms with E-state index in [1.165, 1.54) is 0 Å². The molecule has 0 saturated heterocycles. The second-order valence-electron chi connectivity index (χ2n) is 2.61. The monoisotopic (exact) mass is 212 g/mol. The molecule has 0 bridgehead atoms. The summed E-state index contributed by atoms with van der Waals surface area (Å²) >= 11 is 5.91. The van der Waals surface area contributed by atoms with Gasteiger partial charge in [-0.05, 0) is 5.56 Å². The first-order valence-electron chi connectivity index (χ1n) is 3.90. The third-order valence-corrected chi connectivity index (χ3v) is 2.09. The fourth-order valence-corrected chi connectivity index (χ4v) is 1.16. The third-order valence-electron chi connectivity index (χ3n) is 1.59. The van der Waals surface area contributed by atoms with Gasteiger partial charge in [0.2, 0.25) is 0 Å². The van der Waals surface area contributed by atoms with Gasteiger partial charge in [-0.1, -0.05) is 36.9 Å². The van der Waals surface area contributed by atoms with E-state index in [0.29, 0.717) is 0 Å². The van der Waals surface area contributed by atoms with E-state index >= 15 is 0 Å². The number of hydrogen-bond acceptors (Lipinski definition) is 2. The summed E-state index contributed by atoms with van der Waals surface area (Å²) in [4.78, 5) is 10.2. The van der Waals surface area contributed by atoms with Gasteiger partial charge in [0.25, 0.3) is 0 Å². The summed E-state index contributed by atoms with van der Waals surface area (Å²) < 4.78 is 4.36. The molecule has 0 saturated carbocycles. The molecule has 14 heavy (non-hydrogen) atoms. The fourth-order valence-electron chi connectivity index (χ4n) is 0.972. The number of ether oxygens (including phenoxy) is 1. The van der Waals surface area contributed by atoms with Gasteiger partial charge in [0.05, 0.1) is 0 Å². The minimum Gasteiger partial charge on any atom is -0.449 e. The van der Waals surface area contributed by atoms with E-state index in [2.05, 4.69) is 11.3 Å². The molecule has 0 aromatic heterocycles. The Hall–Kier alpha value is -1.48. The van der Waals surface area contributed by atoms with Crippen molar-refractivity contribution in [3.63, 3.8) is 0 Å². The minimum atomic E-state index is -1.41. The van der Waals surface area contributed by atoms with Crippen molar-refractivity contribution >= 4 is 17.8 Å². The summed E-state index contributed by atoms with van der Waals surface area (Å²) in [6.07, 6.45) is -1.41. The number of benzene rings is 1. The van der Waals surface area contributed by atoms with Crippen molar-refractivity contribution in [3.8, 4) is 0 Å². The average Bonchev–Trinajstić information content (AvgIpc) is 2.17. The summed E-state index contributed by atoms with van der Waals surface area (Å²) in [5.41, 5.74) is 0.750. The predicted octanol–water partition coefficient (Wildman–Crippen LogP) is 3.17. The van der Waals surface area contributed by atoms with Gasteiger partial charge in [-0.25, -0.2) is 4.79 Å². The zero-order valence-corrected chi connectivity index (χ0v) is 8.07. The zero-order chi connectivity index (χ0) is 10.6. The van der Waals surface area contributed by atoms with Gasteiger partial charge in [-0.3, -0.25) is 0 Å². The Balaban J connectivity index is 2.71. The Morgan fingerprint density at radius 2 is 2.00 bits per heavy atom. The third kappa shape index (κ3) is 2.78. The molecule has 0 aliphatic carbocycles. The average molecular weight is 213 g/mol. The van der Waals surface area contributed by atoms with Crippen molar-refractivity contribution in [2.45, 2.75) is 5.38 Å². The number of allylic oxidation sites excluding steroid dienone is 1. The van der Waals surface area contributed by atoms with Gasteiger partial charge >= 0.3 is 6.16 Å². The number of halogens is 1. The smallest absolute Gasteiger partial charge is 0.449 e. The minimum absolute atomic E-state index is 0.00497. The molecule has 1 unspecified atom stereocenters. The van der Waals surface area contributed by atoms with E-state index in [9.17, 15) is 4.79 Å². The maximum Gasteiger partial charge on any atom is 0.511 e. The van der Waals surface area contributed by atoms with Gasteiger partial charge in [0.1, 0.15) is 11.1 Å². The van der Waals surface area contributed by atoms with E-state index in [1.54, 1.807) is 24.3 Å². The largest absolute Gasteiger partial charge is 0.511 e. The molecule has 0 aliphatic heterocycles. The summed E-state index contributed by atoms with van der Waals surface area (Å²) in [7, 11) is 0. The molecule has 4 heteroatoms. The van der Waals surface area contributed by atoms with Gasteiger partial charge in [-0.2, -0.15) is 0 Å². The lowest BCUT2D eigenvalue weighted by molar-refractivity contribution is 0.117. The van der Waals surface area contributed by atoms with E-state index < -0.39 is 11.5 Å². The van der Waals surface area contributed by atoms with Gasteiger partial charge in [0, 0.05) is 0 Å². The topological polar surface area (TPSA) is 46.5 Å². The molecule has 0 amide bonds. The number of alkyl halides is 1. The maximum absolute atomic E-state index is 10.2. The number of hydrogen-bond donors (Lipinski definition) is 1. The summed E-state index contributed by atoms with van der Waals surface area (Å²) in [5, 5.41) is 7.69. The summed E-state index contributed by atoms with van der Waals surface area (Å²) in [6, 6.07) is 8.99. The summed E-state index contributed by atoms with van der Waals surface area (Å²) in [6.45, 7) is 3.44. The predicted molar refractivity (Wildman–Crippen MR) is 53.3 cm³/mol. The van der Waals surface area contributed by atoms with Crippen LogP contribution in [-0.2, 0) is 4.74 Å². The van der Waals surface area contributed by atoms with Crippen molar-refractivity contribution in [2.24, 2.45) is 0 Å². The van der Waals surface area contributed by atoms with Crippen LogP contribution in [0.2, 0.25) is 0 Å². The zero-order valence-electron chi connectivity index (χ0n) is 7.31. The van der Waals surface area contributed by atoms with Crippen LogP contribution in [0.4, 0.5) is 4.79 Å². The molecule has 0 heterocycles. The van der Waals surface area contributed by atoms with Crippen molar-refractivity contribution < 1.29 is 14.6 Å². The molecular weight excluding hydrogens is 204 g/mol. The highest BCUT2D eigenvalue weighted by molar-refractivity contribution is 6.22. The molecule has 1 N–H and O–H groups in total. The van der Waals surface area contributed by atoms with Gasteiger partial charge < -0.3 is 9.84 Å². The standard InChI is InChI=1S/C10H9ClO3/c1-7(14-10(12)13)9(11)8-5-3-2-4-6-8/h2-6,9H,1H2,(H,12,13). The van der Waals surface area contributed by atoms with Crippen LogP contribution in [0.15, 0.2) is 42.7 Å². The molecule has 74 valence electrons. The highest BCUT2D eigenvalue weighted by Crippen LogP contribution is 2.27. The first-order chi connectivity index (χ1) is 6.61. The Morgan fingerprint density at radius 1 is 1.43 bits per heavy atom. The Bertz CT molecular complexity index is 334. The molecule has 0 fully saturated rings. The SMILES string of the molecule is C=C(OC(=O)O)C(Cl)c1ccccc1. The van der Waals surface area contributed by atoms with Crippen molar-refractivity contribution in [3.05, 3.63) is 48.2 Å². The molecule has 1 aromatic rings. The van der Waals surface area contributed by atoms with Crippen LogP contribution in [0, 0.1) is 0 Å². The Labute approximate surface area is 86.6 Å². The van der Waals surface area contributed by atoms with Crippen LogP contribution >= 0.6 is 11.6 Å². The van der Waals surface area contributed by atoms with Crippen LogP contribution in [0.25, 0.3) is 0 Å². The number of carbonyl (C=O) groups is 1. The molecular formula is C10H9ClO3. The molecule has 1 aromatic carbocycles. The fraction of sp³-hybridized carbons (Fsp3) is 0.100. The van der Waals surface area contributed by atoms with E-state index in [1.807, 2.05) is 6.07 Å². The van der Waals surface area contributed by atoms with E-state index in [4.69, 9.17) is 16.7 Å². The molecule has 1 atom stereocenters. The molecule has 3 nitrogen and oxygen atoms in total. The number of carboxylic acid groups (broad SMARTS) is 1. The first-order valence-corrected chi connectivity index (χ1v) is 4.33. The van der Waals surface area contributed by atoms with Crippen LogP contribution in [0.1, 0.15) is 10.9 Å². The highest BCUT2D eigenvalue weighted by atomic mass is 35.5. The molecule has 0 aliphatic rings. The van der Waals surface area contributed by atoms with Crippen molar-refractivity contribution in [2.75, 3.05) is 0 Å². The quantitative estimate of drug-likeness (QED) is 0.476. The van der Waals surface area contributed by atoms with Crippen LogP contribution < -0.4 is 0 Å². The van der Waals surface area contributed by atoms with Crippen LogP contribution in [0.5, 0.6) is 0 Å². The second kappa shape index (κ2) is 4.67. The van der Waals surface area contributed by atoms with Gasteiger partial charge in [0.15, 0.2) is 0 Å². The van der Waals surface area contributed by atoms with Crippen LogP contribution in [0.3, 0.4) is 0 Å². The van der Waals surface area contributed by atoms with Gasteiger partial charge in [-0.15, -0.1) is 11.6 Å². The second-order valence-corrected chi connectivity index (χ2v) is 3.04. The van der Waals surface area contributed by atoms with Crippen molar-refractivity contribution in [1.82, 2.24) is 0 Å². The molecule has 0 spiro atoms. The Kier molecular flexibility index (Phi) is 3.54.